The van der Waals surface area contributed by atoms with Gasteiger partial charge in [0.15, 0.2) is 5.15 Å². The topological polar surface area (TPSA) is 24.9 Å². The van der Waals surface area contributed by atoms with E-state index in [0.29, 0.717) is 5.15 Å². The first-order valence-corrected chi connectivity index (χ1v) is 6.39. The molecule has 1 N–H and O–H groups in total. The van der Waals surface area contributed by atoms with Gasteiger partial charge in [-0.25, -0.2) is 4.98 Å². The van der Waals surface area contributed by atoms with Crippen molar-refractivity contribution >= 4 is 17.3 Å². The Morgan fingerprint density at radius 3 is 2.44 bits per heavy atom. The Labute approximate surface area is 113 Å². The molecule has 0 saturated carbocycles. The molecular weight excluding hydrogens is 244 g/mol. The number of halogens is 1. The van der Waals surface area contributed by atoms with Gasteiger partial charge in [-0.2, -0.15) is 0 Å². The van der Waals surface area contributed by atoms with Crippen molar-refractivity contribution in [2.45, 2.75) is 26.8 Å². The van der Waals surface area contributed by atoms with Crippen LogP contribution in [0.25, 0.3) is 0 Å². The Kier molecular flexibility index (Phi) is 3.87. The van der Waals surface area contributed by atoms with Crippen molar-refractivity contribution in [3.63, 3.8) is 0 Å². The standard InChI is InChI=1S/C15H17ClN2/c1-10-7-11(2)9-13(8-10)12(3)18-14-5-4-6-17-15(14)16/h4-9,12,18H,1-3H3. The maximum absolute atomic E-state index is 6.04. The molecule has 3 heteroatoms. The fraction of sp³-hybridized carbons (Fsp3) is 0.267. The number of aryl methyl sites for hydroxylation is 2. The highest BCUT2D eigenvalue weighted by Crippen LogP contribution is 2.25. The maximum atomic E-state index is 6.04. The molecule has 0 amide bonds. The molecular formula is C15H17ClN2. The van der Waals surface area contributed by atoms with Crippen LogP contribution in [0, 0.1) is 13.8 Å². The van der Waals surface area contributed by atoms with Crippen molar-refractivity contribution in [1.82, 2.24) is 4.98 Å². The minimum atomic E-state index is 0.199. The summed E-state index contributed by atoms with van der Waals surface area (Å²) >= 11 is 6.04. The van der Waals surface area contributed by atoms with Gasteiger partial charge in [0.05, 0.1) is 5.69 Å². The Morgan fingerprint density at radius 1 is 1.17 bits per heavy atom. The molecule has 0 radical (unpaired) electrons. The largest absolute Gasteiger partial charge is 0.376 e. The summed E-state index contributed by atoms with van der Waals surface area (Å²) in [5.74, 6) is 0. The van der Waals surface area contributed by atoms with Gasteiger partial charge < -0.3 is 5.32 Å². The van der Waals surface area contributed by atoms with Crippen molar-refractivity contribution in [3.8, 4) is 0 Å². The molecule has 2 nitrogen and oxygen atoms in total. The van der Waals surface area contributed by atoms with Gasteiger partial charge in [-0.3, -0.25) is 0 Å². The molecule has 2 aromatic rings. The van der Waals surface area contributed by atoms with Crippen molar-refractivity contribution in [2.75, 3.05) is 5.32 Å². The number of nitrogens with zero attached hydrogens (tertiary/aromatic N) is 1. The van der Waals surface area contributed by atoms with Crippen molar-refractivity contribution in [3.05, 3.63) is 58.4 Å². The molecule has 1 unspecified atom stereocenters. The highest BCUT2D eigenvalue weighted by Gasteiger charge is 2.08. The third-order valence-corrected chi connectivity index (χ3v) is 3.18. The van der Waals surface area contributed by atoms with E-state index in [-0.39, 0.29) is 6.04 Å². The molecule has 0 fully saturated rings. The van der Waals surface area contributed by atoms with Gasteiger partial charge >= 0.3 is 0 Å². The number of pyridine rings is 1. The lowest BCUT2D eigenvalue weighted by atomic mass is 10.0. The number of rotatable bonds is 3. The van der Waals surface area contributed by atoms with Crippen LogP contribution in [0.3, 0.4) is 0 Å². The van der Waals surface area contributed by atoms with Crippen LogP contribution in [0.15, 0.2) is 36.5 Å². The maximum Gasteiger partial charge on any atom is 0.152 e. The quantitative estimate of drug-likeness (QED) is 0.821. The lowest BCUT2D eigenvalue weighted by Gasteiger charge is -2.17. The van der Waals surface area contributed by atoms with Gasteiger partial charge in [0, 0.05) is 12.2 Å². The molecule has 1 heterocycles. The van der Waals surface area contributed by atoms with Crippen LogP contribution < -0.4 is 5.32 Å². The number of aromatic nitrogens is 1. The summed E-state index contributed by atoms with van der Waals surface area (Å²) in [5.41, 5.74) is 4.67. The third kappa shape index (κ3) is 3.02. The average molecular weight is 261 g/mol. The van der Waals surface area contributed by atoms with Crippen LogP contribution in [0.5, 0.6) is 0 Å². The van der Waals surface area contributed by atoms with Crippen molar-refractivity contribution in [2.24, 2.45) is 0 Å². The zero-order valence-electron chi connectivity index (χ0n) is 10.9. The molecule has 1 aromatic heterocycles. The normalized spacial score (nSPS) is 12.2. The molecule has 0 aliphatic carbocycles. The summed E-state index contributed by atoms with van der Waals surface area (Å²) in [6.45, 7) is 6.35. The van der Waals surface area contributed by atoms with E-state index in [4.69, 9.17) is 11.6 Å². The summed E-state index contributed by atoms with van der Waals surface area (Å²) in [6.07, 6.45) is 1.69. The molecule has 0 bridgehead atoms. The molecule has 0 saturated heterocycles. The minimum Gasteiger partial charge on any atom is -0.376 e. The first-order valence-electron chi connectivity index (χ1n) is 6.01. The summed E-state index contributed by atoms with van der Waals surface area (Å²) in [4.78, 5) is 4.06. The predicted molar refractivity (Wildman–Crippen MR) is 77.2 cm³/mol. The van der Waals surface area contributed by atoms with Crippen LogP contribution in [0.1, 0.15) is 29.7 Å². The number of hydrogen-bond donors (Lipinski definition) is 1. The zero-order chi connectivity index (χ0) is 13.1. The molecule has 0 aliphatic heterocycles. The van der Waals surface area contributed by atoms with E-state index in [1.54, 1.807) is 6.20 Å². The highest BCUT2D eigenvalue weighted by molar-refractivity contribution is 6.31. The number of hydrogen-bond acceptors (Lipinski definition) is 2. The lowest BCUT2D eigenvalue weighted by molar-refractivity contribution is 0.879. The van der Waals surface area contributed by atoms with E-state index >= 15 is 0 Å². The van der Waals surface area contributed by atoms with E-state index < -0.39 is 0 Å². The predicted octanol–water partition coefficient (Wildman–Crippen LogP) is 4.52. The monoisotopic (exact) mass is 260 g/mol. The summed E-state index contributed by atoms with van der Waals surface area (Å²) < 4.78 is 0. The van der Waals surface area contributed by atoms with Gasteiger partial charge in [0.1, 0.15) is 0 Å². The second-order valence-corrected chi connectivity index (χ2v) is 4.99. The number of anilines is 1. The molecule has 1 aromatic carbocycles. The third-order valence-electron chi connectivity index (χ3n) is 2.88. The lowest BCUT2D eigenvalue weighted by Crippen LogP contribution is -2.07. The summed E-state index contributed by atoms with van der Waals surface area (Å²) in [6, 6.07) is 10.6. The SMILES string of the molecule is Cc1cc(C)cc(C(C)Nc2cccnc2Cl)c1. The Hall–Kier alpha value is -1.54. The van der Waals surface area contributed by atoms with E-state index in [9.17, 15) is 0 Å². The number of nitrogens with one attached hydrogen (secondary N) is 1. The van der Waals surface area contributed by atoms with E-state index in [1.165, 1.54) is 16.7 Å². The van der Waals surface area contributed by atoms with Gasteiger partial charge in [0.25, 0.3) is 0 Å². The van der Waals surface area contributed by atoms with E-state index in [1.807, 2.05) is 12.1 Å². The summed E-state index contributed by atoms with van der Waals surface area (Å²) in [5, 5.41) is 3.89. The molecule has 18 heavy (non-hydrogen) atoms. The van der Waals surface area contributed by atoms with Crippen LogP contribution in [-0.4, -0.2) is 4.98 Å². The van der Waals surface area contributed by atoms with E-state index in [0.717, 1.165) is 5.69 Å². The van der Waals surface area contributed by atoms with Crippen LogP contribution in [0.2, 0.25) is 5.15 Å². The zero-order valence-corrected chi connectivity index (χ0v) is 11.6. The van der Waals surface area contributed by atoms with Crippen LogP contribution >= 0.6 is 11.6 Å². The second-order valence-electron chi connectivity index (χ2n) is 4.63. The van der Waals surface area contributed by atoms with Gasteiger partial charge in [-0.15, -0.1) is 0 Å². The first-order chi connectivity index (χ1) is 8.56. The van der Waals surface area contributed by atoms with Crippen LogP contribution in [-0.2, 0) is 0 Å². The minimum absolute atomic E-state index is 0.199. The smallest absolute Gasteiger partial charge is 0.152 e. The van der Waals surface area contributed by atoms with Crippen molar-refractivity contribution < 1.29 is 0 Å². The fourth-order valence-electron chi connectivity index (χ4n) is 2.07. The number of benzene rings is 1. The Balaban J connectivity index is 2.22. The second kappa shape index (κ2) is 5.40. The first kappa shape index (κ1) is 12.9. The molecule has 1 atom stereocenters. The highest BCUT2D eigenvalue weighted by atomic mass is 35.5. The summed E-state index contributed by atoms with van der Waals surface area (Å²) in [7, 11) is 0. The Bertz CT molecular complexity index is 532. The molecule has 0 aliphatic rings. The van der Waals surface area contributed by atoms with E-state index in [2.05, 4.69) is 49.3 Å². The van der Waals surface area contributed by atoms with Gasteiger partial charge in [0.2, 0.25) is 0 Å². The van der Waals surface area contributed by atoms with Gasteiger partial charge in [-0.05, 0) is 38.5 Å². The molecule has 0 spiro atoms. The van der Waals surface area contributed by atoms with Crippen LogP contribution in [0.4, 0.5) is 5.69 Å². The van der Waals surface area contributed by atoms with Crippen molar-refractivity contribution in [1.29, 1.82) is 0 Å². The average Bonchev–Trinajstić information content (AvgIpc) is 2.31. The fourth-order valence-corrected chi connectivity index (χ4v) is 2.24. The van der Waals surface area contributed by atoms with Gasteiger partial charge in [-0.1, -0.05) is 40.9 Å². The molecule has 94 valence electrons. The molecule has 2 rings (SSSR count). The Morgan fingerprint density at radius 2 is 1.83 bits per heavy atom.